The van der Waals surface area contributed by atoms with E-state index < -0.39 is 0 Å². The Kier molecular flexibility index (Phi) is 6.10. The normalized spacial score (nSPS) is 10.4. The van der Waals surface area contributed by atoms with E-state index in [9.17, 15) is 4.79 Å². The monoisotopic (exact) mass is 347 g/mol. The Labute approximate surface area is 147 Å². The lowest BCUT2D eigenvalue weighted by Gasteiger charge is -2.15. The van der Waals surface area contributed by atoms with Crippen LogP contribution in [0.1, 0.15) is 35.3 Å². The molecule has 1 amide bonds. The van der Waals surface area contributed by atoms with Crippen LogP contribution in [-0.4, -0.2) is 19.1 Å². The van der Waals surface area contributed by atoms with Gasteiger partial charge in [0.1, 0.15) is 0 Å². The van der Waals surface area contributed by atoms with Gasteiger partial charge in [-0.1, -0.05) is 29.3 Å². The first-order valence-corrected chi connectivity index (χ1v) is 8.31. The summed E-state index contributed by atoms with van der Waals surface area (Å²) in [4.78, 5) is 12.6. The van der Waals surface area contributed by atoms with Gasteiger partial charge in [-0.2, -0.15) is 0 Å². The molecule has 0 heterocycles. The lowest BCUT2D eigenvalue weighted by Crippen LogP contribution is -2.13. The number of carbonyl (C=O) groups is 1. The number of anilines is 1. The maximum atomic E-state index is 12.6. The predicted octanol–water partition coefficient (Wildman–Crippen LogP) is 5.01. The van der Waals surface area contributed by atoms with Crippen LogP contribution in [0.15, 0.2) is 30.3 Å². The molecule has 0 bridgehead atoms. The highest BCUT2D eigenvalue weighted by Crippen LogP contribution is 2.37. The smallest absolute Gasteiger partial charge is 0.255 e. The summed E-state index contributed by atoms with van der Waals surface area (Å²) in [5.74, 6) is 0.689. The van der Waals surface area contributed by atoms with Gasteiger partial charge in [-0.15, -0.1) is 0 Å². The summed E-state index contributed by atoms with van der Waals surface area (Å²) in [6.07, 6.45) is 0. The van der Waals surface area contributed by atoms with Crippen molar-refractivity contribution in [3.8, 4) is 11.5 Å². The number of halogens is 1. The second-order valence-electron chi connectivity index (χ2n) is 5.42. The van der Waals surface area contributed by atoms with E-state index in [1.54, 1.807) is 12.1 Å². The van der Waals surface area contributed by atoms with Gasteiger partial charge >= 0.3 is 0 Å². The van der Waals surface area contributed by atoms with Gasteiger partial charge < -0.3 is 14.8 Å². The fourth-order valence-corrected chi connectivity index (χ4v) is 2.66. The Morgan fingerprint density at radius 1 is 1.08 bits per heavy atom. The maximum Gasteiger partial charge on any atom is 0.255 e. The van der Waals surface area contributed by atoms with E-state index in [2.05, 4.69) is 5.32 Å². The Morgan fingerprint density at radius 3 is 2.42 bits per heavy atom. The van der Waals surface area contributed by atoms with Crippen LogP contribution in [0.2, 0.25) is 5.02 Å². The largest absolute Gasteiger partial charge is 0.490 e. The van der Waals surface area contributed by atoms with Crippen molar-refractivity contribution in [3.05, 3.63) is 52.0 Å². The van der Waals surface area contributed by atoms with E-state index >= 15 is 0 Å². The fraction of sp³-hybridized carbons (Fsp3) is 0.316. The van der Waals surface area contributed by atoms with Crippen molar-refractivity contribution in [3.63, 3.8) is 0 Å². The molecule has 0 spiro atoms. The minimum Gasteiger partial charge on any atom is -0.490 e. The summed E-state index contributed by atoms with van der Waals surface area (Å²) in [7, 11) is 0. The maximum absolute atomic E-state index is 12.6. The van der Waals surface area contributed by atoms with Crippen LogP contribution >= 0.6 is 11.6 Å². The summed E-state index contributed by atoms with van der Waals surface area (Å²) in [5.41, 5.74) is 3.35. The number of nitrogens with one attached hydrogen (secondary N) is 1. The molecular formula is C19H22ClNO3. The van der Waals surface area contributed by atoms with Crippen LogP contribution in [0.4, 0.5) is 5.69 Å². The third-order valence-electron chi connectivity index (χ3n) is 3.49. The van der Waals surface area contributed by atoms with Gasteiger partial charge in [0.2, 0.25) is 0 Å². The molecule has 0 fully saturated rings. The Hall–Kier alpha value is -2.20. The van der Waals surface area contributed by atoms with Crippen LogP contribution in [0.25, 0.3) is 0 Å². The standard InChI is InChI=1S/C19H22ClNO3/c1-5-23-17-11-14(10-15(20)18(17)24-6-2)19(22)21-16-8-7-12(3)9-13(16)4/h7-11H,5-6H2,1-4H3,(H,21,22). The van der Waals surface area contributed by atoms with E-state index in [1.165, 1.54) is 0 Å². The third-order valence-corrected chi connectivity index (χ3v) is 3.77. The molecule has 0 saturated carbocycles. The number of carbonyl (C=O) groups excluding carboxylic acids is 1. The molecular weight excluding hydrogens is 326 g/mol. The van der Waals surface area contributed by atoms with Crippen molar-refractivity contribution in [2.24, 2.45) is 0 Å². The molecule has 5 heteroatoms. The van der Waals surface area contributed by atoms with Crippen LogP contribution < -0.4 is 14.8 Å². The Morgan fingerprint density at radius 2 is 1.79 bits per heavy atom. The average Bonchev–Trinajstić information content (AvgIpc) is 2.53. The van der Waals surface area contributed by atoms with Gasteiger partial charge in [0, 0.05) is 11.3 Å². The van der Waals surface area contributed by atoms with Crippen molar-refractivity contribution < 1.29 is 14.3 Å². The highest BCUT2D eigenvalue weighted by molar-refractivity contribution is 6.32. The SMILES string of the molecule is CCOc1cc(C(=O)Nc2ccc(C)cc2C)cc(Cl)c1OCC. The zero-order valence-electron chi connectivity index (χ0n) is 14.4. The lowest BCUT2D eigenvalue weighted by molar-refractivity contribution is 0.102. The average molecular weight is 348 g/mol. The second-order valence-corrected chi connectivity index (χ2v) is 5.83. The molecule has 0 unspecified atom stereocenters. The molecule has 0 radical (unpaired) electrons. The number of aryl methyl sites for hydroxylation is 2. The van der Waals surface area contributed by atoms with E-state index in [1.807, 2.05) is 45.9 Å². The van der Waals surface area contributed by atoms with E-state index in [4.69, 9.17) is 21.1 Å². The lowest BCUT2D eigenvalue weighted by atomic mass is 10.1. The number of benzene rings is 2. The molecule has 0 aliphatic heterocycles. The second kappa shape index (κ2) is 8.06. The van der Waals surface area contributed by atoms with Gasteiger partial charge in [0.25, 0.3) is 5.91 Å². The first-order valence-electron chi connectivity index (χ1n) is 7.94. The molecule has 0 aromatic heterocycles. The molecule has 0 saturated heterocycles. The molecule has 2 aromatic rings. The van der Waals surface area contributed by atoms with E-state index in [0.717, 1.165) is 16.8 Å². The number of hydrogen-bond acceptors (Lipinski definition) is 3. The van der Waals surface area contributed by atoms with Crippen LogP contribution in [0, 0.1) is 13.8 Å². The first-order chi connectivity index (χ1) is 11.5. The van der Waals surface area contributed by atoms with Gasteiger partial charge in [0.05, 0.1) is 18.2 Å². The van der Waals surface area contributed by atoms with Gasteiger partial charge in [-0.3, -0.25) is 4.79 Å². The molecule has 0 atom stereocenters. The molecule has 1 N–H and O–H groups in total. The van der Waals surface area contributed by atoms with Crippen LogP contribution in [-0.2, 0) is 0 Å². The molecule has 128 valence electrons. The van der Waals surface area contributed by atoms with E-state index in [0.29, 0.717) is 35.3 Å². The summed E-state index contributed by atoms with van der Waals surface area (Å²) in [6.45, 7) is 8.63. The first kappa shape index (κ1) is 18.1. The minimum atomic E-state index is -0.243. The molecule has 24 heavy (non-hydrogen) atoms. The highest BCUT2D eigenvalue weighted by Gasteiger charge is 2.16. The third kappa shape index (κ3) is 4.20. The molecule has 2 aromatic carbocycles. The zero-order valence-corrected chi connectivity index (χ0v) is 15.2. The minimum absolute atomic E-state index is 0.243. The number of rotatable bonds is 6. The predicted molar refractivity (Wildman–Crippen MR) is 97.7 cm³/mol. The fourth-order valence-electron chi connectivity index (χ4n) is 2.39. The Balaban J connectivity index is 2.31. The van der Waals surface area contributed by atoms with Crippen LogP contribution in [0.3, 0.4) is 0 Å². The van der Waals surface area contributed by atoms with Crippen molar-refractivity contribution in [2.75, 3.05) is 18.5 Å². The molecule has 0 aliphatic rings. The summed E-state index contributed by atoms with van der Waals surface area (Å²) in [5, 5.41) is 3.26. The number of ether oxygens (including phenoxy) is 2. The molecule has 4 nitrogen and oxygen atoms in total. The van der Waals surface area contributed by atoms with Gasteiger partial charge in [0.15, 0.2) is 11.5 Å². The summed E-state index contributed by atoms with van der Waals surface area (Å²) in [6, 6.07) is 9.11. The zero-order chi connectivity index (χ0) is 17.7. The van der Waals surface area contributed by atoms with Crippen LogP contribution in [0.5, 0.6) is 11.5 Å². The molecule has 2 rings (SSSR count). The topological polar surface area (TPSA) is 47.6 Å². The number of amides is 1. The van der Waals surface area contributed by atoms with Gasteiger partial charge in [-0.25, -0.2) is 0 Å². The summed E-state index contributed by atoms with van der Waals surface area (Å²) < 4.78 is 11.1. The van der Waals surface area contributed by atoms with Crippen molar-refractivity contribution in [1.29, 1.82) is 0 Å². The quantitative estimate of drug-likeness (QED) is 0.799. The van der Waals surface area contributed by atoms with E-state index in [-0.39, 0.29) is 5.91 Å². The van der Waals surface area contributed by atoms with Crippen molar-refractivity contribution in [1.82, 2.24) is 0 Å². The highest BCUT2D eigenvalue weighted by atomic mass is 35.5. The summed E-state index contributed by atoms with van der Waals surface area (Å²) >= 11 is 6.26. The van der Waals surface area contributed by atoms with Crippen molar-refractivity contribution in [2.45, 2.75) is 27.7 Å². The Bertz CT molecular complexity index is 744. The van der Waals surface area contributed by atoms with Gasteiger partial charge in [-0.05, 0) is 51.5 Å². The van der Waals surface area contributed by atoms with Crippen molar-refractivity contribution >= 4 is 23.2 Å². The molecule has 0 aliphatic carbocycles. The number of hydrogen-bond donors (Lipinski definition) is 1.